The fourth-order valence-electron chi connectivity index (χ4n) is 0.940. The van der Waals surface area contributed by atoms with Gasteiger partial charge in [-0.15, -0.1) is 0 Å². The number of hydrogen-bond donors (Lipinski definition) is 2. The summed E-state index contributed by atoms with van der Waals surface area (Å²) >= 11 is 0. The number of benzene rings is 1. The van der Waals surface area contributed by atoms with Gasteiger partial charge in [0.1, 0.15) is 6.34 Å². The van der Waals surface area contributed by atoms with Gasteiger partial charge in [-0.2, -0.15) is 0 Å². The second-order valence-electron chi connectivity index (χ2n) is 2.80. The summed E-state index contributed by atoms with van der Waals surface area (Å²) in [4.78, 5) is 5.93. The summed E-state index contributed by atoms with van der Waals surface area (Å²) in [6.07, 6.45) is 1.23. The van der Waals surface area contributed by atoms with Gasteiger partial charge in [-0.25, -0.2) is 4.99 Å². The quantitative estimate of drug-likeness (QED) is 0.419. The Morgan fingerprint density at radius 2 is 1.92 bits per heavy atom. The fourth-order valence-corrected chi connectivity index (χ4v) is 0.940. The van der Waals surface area contributed by atoms with Crippen molar-refractivity contribution in [3.63, 3.8) is 0 Å². The number of aliphatic imine (C=N–C) groups is 1. The van der Waals surface area contributed by atoms with Crippen LogP contribution >= 0.6 is 0 Å². The number of hydrogen-bond acceptors (Lipinski definition) is 3. The van der Waals surface area contributed by atoms with Gasteiger partial charge in [-0.05, 0) is 24.3 Å². The van der Waals surface area contributed by atoms with Crippen molar-refractivity contribution in [2.24, 2.45) is 4.99 Å². The molecule has 2 N–H and O–H groups in total. The number of nitrogens with one attached hydrogen (secondary N) is 1. The van der Waals surface area contributed by atoms with Gasteiger partial charge in [0.2, 0.25) is 0 Å². The zero-order chi connectivity index (χ0) is 9.68. The van der Waals surface area contributed by atoms with Crippen LogP contribution < -0.4 is 10.4 Å². The molecular formula is C9H13N3O. The Balaban J connectivity index is 2.75. The van der Waals surface area contributed by atoms with E-state index in [-0.39, 0.29) is 0 Å². The van der Waals surface area contributed by atoms with Crippen molar-refractivity contribution in [3.8, 4) is 0 Å². The first-order chi connectivity index (χ1) is 6.24. The van der Waals surface area contributed by atoms with Crippen molar-refractivity contribution in [1.29, 1.82) is 0 Å². The van der Waals surface area contributed by atoms with E-state index in [9.17, 15) is 0 Å². The van der Waals surface area contributed by atoms with Gasteiger partial charge in [-0.1, -0.05) is 0 Å². The Kier molecular flexibility index (Phi) is 3.28. The van der Waals surface area contributed by atoms with Crippen LogP contribution in [-0.4, -0.2) is 25.6 Å². The molecule has 0 amide bonds. The number of rotatable bonds is 3. The molecule has 0 aliphatic rings. The molecule has 0 spiro atoms. The first-order valence-electron chi connectivity index (χ1n) is 3.93. The topological polar surface area (TPSA) is 47.9 Å². The summed E-state index contributed by atoms with van der Waals surface area (Å²) in [6.45, 7) is 0. The molecule has 0 aromatic heterocycles. The summed E-state index contributed by atoms with van der Waals surface area (Å²) in [7, 11) is 3.96. The molecule has 0 aliphatic carbocycles. The molecular weight excluding hydrogens is 166 g/mol. The Morgan fingerprint density at radius 1 is 1.31 bits per heavy atom. The predicted molar refractivity (Wildman–Crippen MR) is 53.8 cm³/mol. The molecule has 0 bridgehead atoms. The lowest BCUT2D eigenvalue weighted by Gasteiger charge is -2.11. The van der Waals surface area contributed by atoms with Gasteiger partial charge in [0, 0.05) is 19.8 Å². The van der Waals surface area contributed by atoms with Crippen molar-refractivity contribution in [2.75, 3.05) is 19.0 Å². The van der Waals surface area contributed by atoms with Crippen molar-refractivity contribution >= 4 is 17.7 Å². The molecule has 0 radical (unpaired) electrons. The molecule has 0 heterocycles. The summed E-state index contributed by atoms with van der Waals surface area (Å²) < 4.78 is 0. The Labute approximate surface area is 77.5 Å². The lowest BCUT2D eigenvalue weighted by molar-refractivity contribution is 0.240. The average molecular weight is 179 g/mol. The molecule has 13 heavy (non-hydrogen) atoms. The number of anilines is 1. The lowest BCUT2D eigenvalue weighted by Crippen LogP contribution is -2.07. The highest BCUT2D eigenvalue weighted by Gasteiger charge is 1.93. The van der Waals surface area contributed by atoms with E-state index < -0.39 is 0 Å². The first-order valence-corrected chi connectivity index (χ1v) is 3.93. The Bertz CT molecular complexity index is 279. The molecule has 70 valence electrons. The van der Waals surface area contributed by atoms with Crippen LogP contribution in [0, 0.1) is 0 Å². The molecule has 1 rings (SSSR count). The van der Waals surface area contributed by atoms with Crippen molar-refractivity contribution in [2.45, 2.75) is 0 Å². The maximum absolute atomic E-state index is 8.26. The Hall–Kier alpha value is -1.55. The van der Waals surface area contributed by atoms with Gasteiger partial charge >= 0.3 is 0 Å². The van der Waals surface area contributed by atoms with E-state index >= 15 is 0 Å². The van der Waals surface area contributed by atoms with Crippen LogP contribution in [0.5, 0.6) is 0 Å². The third-order valence-corrected chi connectivity index (χ3v) is 1.64. The third-order valence-electron chi connectivity index (χ3n) is 1.64. The first kappa shape index (κ1) is 9.54. The fraction of sp³-hybridized carbons (Fsp3) is 0.222. The number of hydroxylamine groups is 1. The van der Waals surface area contributed by atoms with Gasteiger partial charge in [0.25, 0.3) is 0 Å². The Morgan fingerprint density at radius 3 is 2.38 bits per heavy atom. The summed E-state index contributed by atoms with van der Waals surface area (Å²) in [6, 6.07) is 7.68. The highest BCUT2D eigenvalue weighted by Crippen LogP contribution is 2.17. The zero-order valence-corrected chi connectivity index (χ0v) is 7.73. The van der Waals surface area contributed by atoms with Crippen molar-refractivity contribution in [1.82, 2.24) is 5.48 Å². The van der Waals surface area contributed by atoms with Gasteiger partial charge in [0.15, 0.2) is 0 Å². The standard InChI is InChI=1S/C9H13N3O/c1-12(2)9-5-3-8(4-6-9)10-7-11-13/h3-7,13H,1-2H3,(H,10,11). The molecule has 0 unspecified atom stereocenters. The van der Waals surface area contributed by atoms with Gasteiger partial charge < -0.3 is 4.90 Å². The summed E-state index contributed by atoms with van der Waals surface area (Å²) in [5.74, 6) is 0. The van der Waals surface area contributed by atoms with Crippen LogP contribution in [0.25, 0.3) is 0 Å². The second-order valence-corrected chi connectivity index (χ2v) is 2.80. The van der Waals surface area contributed by atoms with E-state index in [0.29, 0.717) is 0 Å². The maximum atomic E-state index is 8.26. The van der Waals surface area contributed by atoms with Gasteiger partial charge in [0.05, 0.1) is 5.69 Å². The third kappa shape index (κ3) is 2.76. The molecule has 4 heteroatoms. The smallest absolute Gasteiger partial charge is 0.113 e. The van der Waals surface area contributed by atoms with Crippen LogP contribution in [0.4, 0.5) is 11.4 Å². The minimum absolute atomic E-state index is 0.798. The minimum atomic E-state index is 0.798. The largest absolute Gasteiger partial charge is 0.378 e. The molecule has 0 aliphatic heterocycles. The molecule has 0 fully saturated rings. The maximum Gasteiger partial charge on any atom is 0.113 e. The molecule has 4 nitrogen and oxygen atoms in total. The normalized spacial score (nSPS) is 10.4. The van der Waals surface area contributed by atoms with Crippen LogP contribution in [0.15, 0.2) is 29.3 Å². The van der Waals surface area contributed by atoms with E-state index in [2.05, 4.69) is 4.99 Å². The van der Waals surface area contributed by atoms with Crippen LogP contribution in [-0.2, 0) is 0 Å². The molecule has 1 aromatic rings. The average Bonchev–Trinajstić information content (AvgIpc) is 2.15. The van der Waals surface area contributed by atoms with Crippen molar-refractivity contribution < 1.29 is 5.21 Å². The summed E-state index contributed by atoms with van der Waals surface area (Å²) in [5.41, 5.74) is 3.77. The van der Waals surface area contributed by atoms with E-state index in [0.717, 1.165) is 11.4 Å². The van der Waals surface area contributed by atoms with E-state index in [1.165, 1.54) is 6.34 Å². The monoisotopic (exact) mass is 179 g/mol. The second kappa shape index (κ2) is 4.47. The molecule has 0 saturated carbocycles. The van der Waals surface area contributed by atoms with E-state index in [4.69, 9.17) is 5.21 Å². The minimum Gasteiger partial charge on any atom is -0.378 e. The van der Waals surface area contributed by atoms with Crippen LogP contribution in [0.1, 0.15) is 0 Å². The van der Waals surface area contributed by atoms with Gasteiger partial charge in [-0.3, -0.25) is 10.7 Å². The van der Waals surface area contributed by atoms with E-state index in [1.807, 2.05) is 48.7 Å². The predicted octanol–water partition coefficient (Wildman–Crippen LogP) is 1.39. The highest BCUT2D eigenvalue weighted by molar-refractivity contribution is 5.61. The molecule has 1 aromatic carbocycles. The van der Waals surface area contributed by atoms with Crippen LogP contribution in [0.3, 0.4) is 0 Å². The highest BCUT2D eigenvalue weighted by atomic mass is 16.5. The zero-order valence-electron chi connectivity index (χ0n) is 7.73. The van der Waals surface area contributed by atoms with Crippen LogP contribution in [0.2, 0.25) is 0 Å². The number of nitrogens with zero attached hydrogens (tertiary/aromatic N) is 2. The SMILES string of the molecule is CN(C)c1ccc(N=CNO)cc1. The lowest BCUT2D eigenvalue weighted by atomic mass is 10.3. The van der Waals surface area contributed by atoms with Crippen molar-refractivity contribution in [3.05, 3.63) is 24.3 Å². The molecule has 0 atom stereocenters. The molecule has 0 saturated heterocycles. The summed E-state index contributed by atoms with van der Waals surface area (Å²) in [5, 5.41) is 8.26. The van der Waals surface area contributed by atoms with E-state index in [1.54, 1.807) is 0 Å².